The van der Waals surface area contributed by atoms with E-state index in [-0.39, 0.29) is 29.4 Å². The van der Waals surface area contributed by atoms with Crippen molar-refractivity contribution in [3.63, 3.8) is 0 Å². The Labute approximate surface area is 230 Å². The van der Waals surface area contributed by atoms with E-state index in [1.54, 1.807) is 30.3 Å². The highest BCUT2D eigenvalue weighted by Gasteiger charge is 2.23. The molecule has 38 heavy (non-hydrogen) atoms. The number of nitrogens with two attached hydrogens (primary N) is 3. The normalized spacial score (nSPS) is 9.79. The van der Waals surface area contributed by atoms with Gasteiger partial charge in [-0.1, -0.05) is 63.0 Å². The van der Waals surface area contributed by atoms with Crippen molar-refractivity contribution in [2.24, 2.45) is 16.6 Å². The second kappa shape index (κ2) is 15.5. The van der Waals surface area contributed by atoms with E-state index in [9.17, 15) is 12.8 Å². The Bertz CT molecular complexity index is 1430. The Balaban J connectivity index is 0.00000121. The van der Waals surface area contributed by atoms with Crippen molar-refractivity contribution in [3.05, 3.63) is 84.7 Å². The number of aromatic nitrogens is 1. The summed E-state index contributed by atoms with van der Waals surface area (Å²) in [6.45, 7) is 0. The number of sulfonamides is 1. The molecule has 0 radical (unpaired) electrons. The summed E-state index contributed by atoms with van der Waals surface area (Å²) in [5, 5.41) is 4.10. The zero-order chi connectivity index (χ0) is 26.9. The Hall–Kier alpha value is -3.69. The molecule has 0 unspecified atom stereocenters. The number of rotatable bonds is 4. The average Bonchev–Trinajstić information content (AvgIpc) is 3.24. The first-order chi connectivity index (χ1) is 16.9. The SMILES string of the molecule is C.NC(=O)S.NC(=O)S.NS(=O)(=O)c1ccccc1-c1oc(-c2ccccc2)nc1-c1ccc(F)cc1.O. The molecule has 0 bridgehead atoms. The van der Waals surface area contributed by atoms with Crippen LogP contribution in [0.15, 0.2) is 88.2 Å². The molecular formula is C24H27FN4O6S3. The van der Waals surface area contributed by atoms with Crippen LogP contribution in [-0.4, -0.2) is 29.4 Å². The maximum atomic E-state index is 13.4. The molecule has 3 aromatic carbocycles. The maximum Gasteiger partial charge on any atom is 0.273 e. The van der Waals surface area contributed by atoms with Crippen LogP contribution in [0.2, 0.25) is 0 Å². The molecule has 1 heterocycles. The van der Waals surface area contributed by atoms with Gasteiger partial charge in [0.1, 0.15) is 11.5 Å². The number of primary amides is 2. The molecule has 0 saturated heterocycles. The summed E-state index contributed by atoms with van der Waals surface area (Å²) in [6, 6.07) is 21.2. The minimum Gasteiger partial charge on any atom is -0.435 e. The van der Waals surface area contributed by atoms with Crippen molar-refractivity contribution in [1.29, 1.82) is 0 Å². The van der Waals surface area contributed by atoms with Crippen LogP contribution in [0.25, 0.3) is 34.0 Å². The summed E-state index contributed by atoms with van der Waals surface area (Å²) in [5.41, 5.74) is 10.7. The molecule has 0 atom stereocenters. The number of oxazole rings is 1. The first-order valence-electron chi connectivity index (χ1n) is 9.81. The summed E-state index contributed by atoms with van der Waals surface area (Å²) in [5.74, 6) is 0.177. The summed E-state index contributed by atoms with van der Waals surface area (Å²) in [6.07, 6.45) is 0. The van der Waals surface area contributed by atoms with Gasteiger partial charge in [-0.25, -0.2) is 22.9 Å². The first kappa shape index (κ1) is 34.3. The number of hydrogen-bond donors (Lipinski definition) is 5. The topological polar surface area (TPSA) is 204 Å². The third-order valence-electron chi connectivity index (χ3n) is 4.20. The number of carbonyl (C=O) groups excluding carboxylic acids is 2. The first-order valence-corrected chi connectivity index (χ1v) is 12.3. The molecule has 8 N–H and O–H groups in total. The van der Waals surface area contributed by atoms with Gasteiger partial charge in [0, 0.05) is 16.7 Å². The lowest BCUT2D eigenvalue weighted by Crippen LogP contribution is -2.13. The van der Waals surface area contributed by atoms with Crippen LogP contribution in [0.4, 0.5) is 14.0 Å². The van der Waals surface area contributed by atoms with Crippen molar-refractivity contribution in [2.45, 2.75) is 12.3 Å². The molecule has 0 fully saturated rings. The van der Waals surface area contributed by atoms with Crippen LogP contribution in [-0.2, 0) is 10.0 Å². The fourth-order valence-corrected chi connectivity index (χ4v) is 3.65. The lowest BCUT2D eigenvalue weighted by Gasteiger charge is -2.07. The largest absolute Gasteiger partial charge is 0.435 e. The minimum atomic E-state index is -3.99. The van der Waals surface area contributed by atoms with Gasteiger partial charge in [0.05, 0.1) is 4.90 Å². The van der Waals surface area contributed by atoms with Crippen molar-refractivity contribution >= 4 is 45.8 Å². The van der Waals surface area contributed by atoms with Gasteiger partial charge in [0.15, 0.2) is 5.76 Å². The molecule has 1 aromatic heterocycles. The Kier molecular flexibility index (Phi) is 14.0. The number of halogens is 1. The fourth-order valence-electron chi connectivity index (χ4n) is 2.91. The van der Waals surface area contributed by atoms with Crippen LogP contribution in [0, 0.1) is 5.82 Å². The lowest BCUT2D eigenvalue weighted by molar-refractivity contribution is 0.266. The summed E-state index contributed by atoms with van der Waals surface area (Å²) < 4.78 is 43.5. The predicted molar refractivity (Wildman–Crippen MR) is 152 cm³/mol. The van der Waals surface area contributed by atoms with Crippen molar-refractivity contribution in [3.8, 4) is 34.0 Å². The van der Waals surface area contributed by atoms with Crippen LogP contribution in [0.3, 0.4) is 0 Å². The molecule has 10 nitrogen and oxygen atoms in total. The number of amides is 2. The zero-order valence-electron chi connectivity index (χ0n) is 18.9. The van der Waals surface area contributed by atoms with Crippen LogP contribution in [0.1, 0.15) is 7.43 Å². The van der Waals surface area contributed by atoms with Gasteiger partial charge in [0.2, 0.25) is 15.9 Å². The Morgan fingerprint density at radius 2 is 1.29 bits per heavy atom. The molecule has 0 saturated carbocycles. The number of carbonyl (C=O) groups is 2. The third-order valence-corrected chi connectivity index (χ3v) is 5.17. The van der Waals surface area contributed by atoms with Gasteiger partial charge in [-0.15, -0.1) is 0 Å². The third kappa shape index (κ3) is 10.4. The van der Waals surface area contributed by atoms with Gasteiger partial charge in [-0.2, -0.15) is 0 Å². The summed E-state index contributed by atoms with van der Waals surface area (Å²) in [4.78, 5) is 22.7. The highest BCUT2D eigenvalue weighted by atomic mass is 32.2. The lowest BCUT2D eigenvalue weighted by atomic mass is 10.1. The summed E-state index contributed by atoms with van der Waals surface area (Å²) in [7, 11) is -3.99. The highest BCUT2D eigenvalue weighted by Crippen LogP contribution is 2.38. The van der Waals surface area contributed by atoms with Crippen molar-refractivity contribution < 1.29 is 32.3 Å². The van der Waals surface area contributed by atoms with Gasteiger partial charge >= 0.3 is 0 Å². The molecule has 14 heteroatoms. The van der Waals surface area contributed by atoms with Crippen molar-refractivity contribution in [1.82, 2.24) is 4.98 Å². The summed E-state index contributed by atoms with van der Waals surface area (Å²) >= 11 is 6.21. The molecule has 204 valence electrons. The van der Waals surface area contributed by atoms with E-state index in [0.717, 1.165) is 5.56 Å². The van der Waals surface area contributed by atoms with E-state index < -0.39 is 20.5 Å². The molecule has 0 aliphatic heterocycles. The van der Waals surface area contributed by atoms with Crippen LogP contribution in [0.5, 0.6) is 0 Å². The van der Waals surface area contributed by atoms with E-state index in [1.807, 2.05) is 30.3 Å². The second-order valence-corrected chi connectivity index (χ2v) is 9.20. The number of nitrogens with zero attached hydrogens (tertiary/aromatic N) is 1. The number of benzene rings is 3. The van der Waals surface area contributed by atoms with E-state index in [1.165, 1.54) is 18.2 Å². The molecule has 0 spiro atoms. The highest BCUT2D eigenvalue weighted by molar-refractivity contribution is 7.96. The maximum absolute atomic E-state index is 13.4. The van der Waals surface area contributed by atoms with Gasteiger partial charge in [-0.05, 0) is 48.5 Å². The van der Waals surface area contributed by atoms with E-state index >= 15 is 0 Å². The van der Waals surface area contributed by atoms with Gasteiger partial charge in [0.25, 0.3) is 10.5 Å². The van der Waals surface area contributed by atoms with E-state index in [0.29, 0.717) is 22.7 Å². The molecule has 0 aliphatic rings. The van der Waals surface area contributed by atoms with Crippen molar-refractivity contribution in [2.75, 3.05) is 0 Å². The minimum absolute atomic E-state index is 0. The molecule has 4 aromatic rings. The second-order valence-electron chi connectivity index (χ2n) is 6.79. The monoisotopic (exact) mass is 582 g/mol. The van der Waals surface area contributed by atoms with Gasteiger partial charge in [-0.3, -0.25) is 9.59 Å². The number of thiol groups is 2. The zero-order valence-corrected chi connectivity index (χ0v) is 21.5. The van der Waals surface area contributed by atoms with E-state index in [4.69, 9.17) is 19.1 Å². The molecule has 4 rings (SSSR count). The molecular weight excluding hydrogens is 555 g/mol. The number of primary sulfonamides is 1. The molecule has 2 amide bonds. The van der Waals surface area contributed by atoms with Crippen LogP contribution >= 0.6 is 25.3 Å². The molecule has 0 aliphatic carbocycles. The average molecular weight is 583 g/mol. The fraction of sp³-hybridized carbons (Fsp3) is 0.0417. The van der Waals surface area contributed by atoms with Gasteiger partial charge < -0.3 is 21.4 Å². The Morgan fingerprint density at radius 3 is 1.79 bits per heavy atom. The standard InChI is InChI=1S/C21H15FN2O3S.2CH3NOS.CH4.H2O/c22-16-12-10-14(11-13-16)19-20(17-8-4-5-9-18(17)28(23,25)26)27-21(24-19)15-6-2-1-3-7-15;2*2-1(3)4;;/h1-13H,(H2,23,25,26);2*(H3,2,3,4);1H4;1H2. The van der Waals surface area contributed by atoms with Crippen LogP contribution < -0.4 is 16.6 Å². The predicted octanol–water partition coefficient (Wildman–Crippen LogP) is 4.26. The van der Waals surface area contributed by atoms with E-state index in [2.05, 4.69) is 41.7 Å². The number of hydrogen-bond acceptors (Lipinski definition) is 6. The quantitative estimate of drug-likeness (QED) is 0.222. The smallest absolute Gasteiger partial charge is 0.273 e. The Morgan fingerprint density at radius 1 is 0.816 bits per heavy atom.